The minimum Gasteiger partial charge on any atom is -0.497 e. The first-order valence-corrected chi connectivity index (χ1v) is 15.6. The van der Waals surface area contributed by atoms with Crippen molar-refractivity contribution in [2.45, 2.75) is 50.1 Å². The van der Waals surface area contributed by atoms with Gasteiger partial charge in [-0.2, -0.15) is 4.31 Å². The molecule has 0 aliphatic carbocycles. The fourth-order valence-corrected chi connectivity index (χ4v) is 6.85. The molecule has 1 aliphatic rings. The Hall–Kier alpha value is -4.00. The Morgan fingerprint density at radius 2 is 1.67 bits per heavy atom. The molecule has 0 spiro atoms. The first-order valence-electron chi connectivity index (χ1n) is 14.2. The van der Waals surface area contributed by atoms with Crippen molar-refractivity contribution in [3.05, 3.63) is 89.7 Å². The molecule has 4 rings (SSSR count). The molecule has 230 valence electrons. The molecule has 2 N–H and O–H groups in total. The van der Waals surface area contributed by atoms with Crippen molar-refractivity contribution >= 4 is 22.0 Å². The Morgan fingerprint density at radius 1 is 1.02 bits per heavy atom. The fourth-order valence-electron chi connectivity index (χ4n) is 5.21. The zero-order valence-corrected chi connectivity index (χ0v) is 25.2. The van der Waals surface area contributed by atoms with Gasteiger partial charge in [0.25, 0.3) is 5.91 Å². The summed E-state index contributed by atoms with van der Waals surface area (Å²) in [4.78, 5) is 31.4. The van der Waals surface area contributed by atoms with Gasteiger partial charge in [0.15, 0.2) is 0 Å². The Kier molecular flexibility index (Phi) is 11.1. The molecule has 2 amide bonds. The van der Waals surface area contributed by atoms with E-state index < -0.39 is 34.0 Å². The molecular formula is C31H38N4O7S. The van der Waals surface area contributed by atoms with Crippen LogP contribution < -0.4 is 10.2 Å². The maximum atomic E-state index is 14.0. The Labute approximate surface area is 252 Å². The van der Waals surface area contributed by atoms with Gasteiger partial charge >= 0.3 is 6.09 Å². The van der Waals surface area contributed by atoms with Gasteiger partial charge < -0.3 is 14.4 Å². The van der Waals surface area contributed by atoms with E-state index in [0.717, 1.165) is 10.7 Å². The second-order valence-corrected chi connectivity index (χ2v) is 12.4. The van der Waals surface area contributed by atoms with Gasteiger partial charge in [0, 0.05) is 32.0 Å². The summed E-state index contributed by atoms with van der Waals surface area (Å²) in [5, 5.41) is 9.68. The summed E-state index contributed by atoms with van der Waals surface area (Å²) >= 11 is 0. The number of benzene rings is 2. The van der Waals surface area contributed by atoms with Crippen molar-refractivity contribution in [3.63, 3.8) is 0 Å². The van der Waals surface area contributed by atoms with E-state index >= 15 is 0 Å². The number of carbonyl (C=O) groups excluding carboxylic acids is 2. The molecule has 2 aromatic carbocycles. The number of ether oxygens (including phenoxy) is 2. The molecule has 43 heavy (non-hydrogen) atoms. The van der Waals surface area contributed by atoms with Crippen molar-refractivity contribution in [2.75, 3.05) is 26.8 Å². The van der Waals surface area contributed by atoms with Gasteiger partial charge in [0.1, 0.15) is 11.8 Å². The number of carbonyl (C=O) groups is 2. The second kappa shape index (κ2) is 14.9. The highest BCUT2D eigenvalue weighted by Gasteiger charge is 2.42. The highest BCUT2D eigenvalue weighted by atomic mass is 32.2. The Morgan fingerprint density at radius 3 is 2.28 bits per heavy atom. The highest BCUT2D eigenvalue weighted by Crippen LogP contribution is 2.31. The lowest BCUT2D eigenvalue weighted by Crippen LogP contribution is -2.55. The van der Waals surface area contributed by atoms with Gasteiger partial charge in [0.05, 0.1) is 18.6 Å². The van der Waals surface area contributed by atoms with Crippen LogP contribution in [-0.2, 0) is 32.5 Å². The molecule has 0 bridgehead atoms. The summed E-state index contributed by atoms with van der Waals surface area (Å²) < 4.78 is 39.8. The summed E-state index contributed by atoms with van der Waals surface area (Å²) in [5.41, 5.74) is 4.66. The first kappa shape index (κ1) is 31.9. The number of sulfonamides is 1. The van der Waals surface area contributed by atoms with Crippen molar-refractivity contribution in [1.82, 2.24) is 19.7 Å². The zero-order valence-electron chi connectivity index (χ0n) is 24.4. The molecular weight excluding hydrogens is 572 g/mol. The minimum atomic E-state index is -4.22. The summed E-state index contributed by atoms with van der Waals surface area (Å²) in [6.45, 7) is 2.75. The molecule has 0 radical (unpaired) electrons. The normalized spacial score (nSPS) is 14.7. The largest absolute Gasteiger partial charge is 0.497 e. The predicted molar refractivity (Wildman–Crippen MR) is 159 cm³/mol. The van der Waals surface area contributed by atoms with E-state index in [9.17, 15) is 23.2 Å². The topological polar surface area (TPSA) is 138 Å². The third-order valence-electron chi connectivity index (χ3n) is 7.64. The summed E-state index contributed by atoms with van der Waals surface area (Å²) in [6, 6.07) is 16.2. The highest BCUT2D eigenvalue weighted by molar-refractivity contribution is 7.89. The molecule has 1 aromatic heterocycles. The average molecular weight is 611 g/mol. The van der Waals surface area contributed by atoms with Gasteiger partial charge in [-0.1, -0.05) is 29.8 Å². The number of nitrogens with one attached hydrogen (secondary N) is 1. The van der Waals surface area contributed by atoms with Crippen molar-refractivity contribution in [3.8, 4) is 5.75 Å². The van der Waals surface area contributed by atoms with E-state index in [4.69, 9.17) is 9.47 Å². The van der Waals surface area contributed by atoms with E-state index in [2.05, 4.69) is 29.2 Å². The standard InChI is InChI=1S/C31H38N4O7S/c1-23-5-7-24(8-6-23)4-3-21-42-31(37)34-19-15-26(16-20-34)29(30(36)33-38)35(22-25-13-17-32-18-14-25)43(39,40)28-11-9-27(41-2)10-12-28/h5-14,17-18,26,29,38H,3-4,15-16,19-22H2,1-2H3,(H,33,36)/t29-/m1/s1. The zero-order chi connectivity index (χ0) is 30.8. The molecule has 2 heterocycles. The Balaban J connectivity index is 1.46. The van der Waals surface area contributed by atoms with Gasteiger partial charge in [0.2, 0.25) is 10.0 Å². The fraction of sp³-hybridized carbons (Fsp3) is 0.387. The van der Waals surface area contributed by atoms with Gasteiger partial charge in [-0.3, -0.25) is 15.0 Å². The molecule has 1 fully saturated rings. The lowest BCUT2D eigenvalue weighted by Gasteiger charge is -2.39. The number of rotatable bonds is 12. The van der Waals surface area contributed by atoms with Crippen LogP contribution in [0.2, 0.25) is 0 Å². The lowest BCUT2D eigenvalue weighted by atomic mass is 9.88. The number of pyridine rings is 1. The van der Waals surface area contributed by atoms with Gasteiger partial charge in [-0.25, -0.2) is 18.7 Å². The first-order chi connectivity index (χ1) is 20.7. The maximum Gasteiger partial charge on any atom is 0.409 e. The summed E-state index contributed by atoms with van der Waals surface area (Å²) in [5.74, 6) is -0.838. The molecule has 1 aliphatic heterocycles. The van der Waals surface area contributed by atoms with Crippen LogP contribution in [0.3, 0.4) is 0 Å². The SMILES string of the molecule is COc1ccc(S(=O)(=O)N(Cc2ccncc2)[C@@H](C(=O)NO)C2CCN(C(=O)OCCCc3ccc(C)cc3)CC2)cc1. The van der Waals surface area contributed by atoms with Crippen LogP contribution in [0, 0.1) is 12.8 Å². The smallest absolute Gasteiger partial charge is 0.409 e. The number of amides is 2. The number of aromatic nitrogens is 1. The van der Waals surface area contributed by atoms with Crippen LogP contribution in [0.5, 0.6) is 5.75 Å². The Bertz CT molecular complexity index is 1440. The summed E-state index contributed by atoms with van der Waals surface area (Å²) in [7, 11) is -2.74. The lowest BCUT2D eigenvalue weighted by molar-refractivity contribution is -0.135. The van der Waals surface area contributed by atoms with Crippen LogP contribution in [0.4, 0.5) is 4.79 Å². The van der Waals surface area contributed by atoms with Crippen molar-refractivity contribution in [2.24, 2.45) is 5.92 Å². The quantitative estimate of drug-likeness (QED) is 0.179. The molecule has 0 saturated carbocycles. The molecule has 1 atom stereocenters. The van der Waals surface area contributed by atoms with Crippen molar-refractivity contribution < 1.29 is 32.7 Å². The van der Waals surface area contributed by atoms with Gasteiger partial charge in [-0.15, -0.1) is 0 Å². The van der Waals surface area contributed by atoms with Crippen LogP contribution >= 0.6 is 0 Å². The molecule has 11 nitrogen and oxygen atoms in total. The number of piperidine rings is 1. The number of nitrogens with zero attached hydrogens (tertiary/aromatic N) is 3. The number of hydrogen-bond donors (Lipinski definition) is 2. The molecule has 1 saturated heterocycles. The van der Waals surface area contributed by atoms with Gasteiger partial charge in [-0.05, 0) is 86.1 Å². The van der Waals surface area contributed by atoms with Crippen LogP contribution in [0.1, 0.15) is 36.0 Å². The molecule has 12 heteroatoms. The average Bonchev–Trinajstić information content (AvgIpc) is 3.04. The number of likely N-dealkylation sites (tertiary alicyclic amines) is 1. The minimum absolute atomic E-state index is 0.0234. The van der Waals surface area contributed by atoms with Crippen LogP contribution in [0.25, 0.3) is 0 Å². The third-order valence-corrected chi connectivity index (χ3v) is 9.48. The molecule has 0 unspecified atom stereocenters. The third kappa shape index (κ3) is 8.31. The van der Waals surface area contributed by atoms with Crippen LogP contribution in [0.15, 0.2) is 78.0 Å². The predicted octanol–water partition coefficient (Wildman–Crippen LogP) is 3.94. The van der Waals surface area contributed by atoms with E-state index in [1.165, 1.54) is 42.5 Å². The monoisotopic (exact) mass is 610 g/mol. The van der Waals surface area contributed by atoms with Crippen LogP contribution in [-0.4, -0.2) is 72.7 Å². The summed E-state index contributed by atoms with van der Waals surface area (Å²) in [6.07, 6.45) is 4.80. The number of methoxy groups -OCH3 is 1. The number of hydrogen-bond acceptors (Lipinski definition) is 8. The van der Waals surface area contributed by atoms with E-state index in [1.807, 2.05) is 6.92 Å². The van der Waals surface area contributed by atoms with Crippen molar-refractivity contribution in [1.29, 1.82) is 0 Å². The van der Waals surface area contributed by atoms with E-state index in [1.54, 1.807) is 34.9 Å². The number of aryl methyl sites for hydroxylation is 2. The van der Waals surface area contributed by atoms with E-state index in [0.29, 0.717) is 30.6 Å². The molecule has 3 aromatic rings. The maximum absolute atomic E-state index is 14.0. The second-order valence-electron chi connectivity index (χ2n) is 10.5. The van der Waals surface area contributed by atoms with E-state index in [-0.39, 0.29) is 31.1 Å². The number of hydroxylamine groups is 1.